The van der Waals surface area contributed by atoms with E-state index < -0.39 is 5.41 Å². The van der Waals surface area contributed by atoms with Gasteiger partial charge in [0.25, 0.3) is 0 Å². The van der Waals surface area contributed by atoms with Crippen molar-refractivity contribution in [3.63, 3.8) is 0 Å². The SMILES string of the molecule is CCCCc1cc2c3c4[n+](ccc3c1)C(CC)(CC)C(CC[n+]1ccccc1-c1ccccc1C)c1ccc(F)c(c1-4)C2(C)C. The Morgan fingerprint density at radius 2 is 1.64 bits per heavy atom. The normalized spacial score (nSPS) is 17.1. The van der Waals surface area contributed by atoms with Gasteiger partial charge >= 0.3 is 0 Å². The van der Waals surface area contributed by atoms with Crippen LogP contribution >= 0.6 is 0 Å². The van der Waals surface area contributed by atoms with E-state index in [1.165, 1.54) is 62.8 Å². The van der Waals surface area contributed by atoms with Crippen molar-refractivity contribution < 1.29 is 13.5 Å². The van der Waals surface area contributed by atoms with E-state index in [0.29, 0.717) is 0 Å². The molecule has 0 saturated heterocycles. The van der Waals surface area contributed by atoms with Crippen LogP contribution in [0.5, 0.6) is 0 Å². The summed E-state index contributed by atoms with van der Waals surface area (Å²) >= 11 is 0. The van der Waals surface area contributed by atoms with Gasteiger partial charge in [0.05, 0.1) is 16.9 Å². The number of aryl methyl sites for hydroxylation is 3. The minimum atomic E-state index is -0.433. The fourth-order valence-corrected chi connectivity index (χ4v) is 9.00. The smallest absolute Gasteiger partial charge is 0.207 e. The third-order valence-corrected chi connectivity index (χ3v) is 11.4. The van der Waals surface area contributed by atoms with Crippen molar-refractivity contribution in [2.45, 2.75) is 103 Å². The van der Waals surface area contributed by atoms with Gasteiger partial charge in [0, 0.05) is 54.0 Å². The molecule has 0 radical (unpaired) electrons. The van der Waals surface area contributed by atoms with Gasteiger partial charge in [-0.25, -0.2) is 4.39 Å². The van der Waals surface area contributed by atoms with E-state index in [0.717, 1.165) is 43.4 Å². The number of unbranched alkanes of at least 4 members (excludes halogenated alkanes) is 1. The maximum absolute atomic E-state index is 16.3. The van der Waals surface area contributed by atoms with Gasteiger partial charge in [-0.15, -0.1) is 0 Å². The van der Waals surface area contributed by atoms with Gasteiger partial charge in [-0.1, -0.05) is 77.4 Å². The molecule has 2 aromatic heterocycles. The maximum Gasteiger partial charge on any atom is 0.221 e. The highest BCUT2D eigenvalue weighted by Crippen LogP contribution is 2.56. The van der Waals surface area contributed by atoms with Gasteiger partial charge in [-0.3, -0.25) is 0 Å². The zero-order chi connectivity index (χ0) is 31.5. The van der Waals surface area contributed by atoms with Crippen LogP contribution in [0.15, 0.2) is 85.2 Å². The summed E-state index contributed by atoms with van der Waals surface area (Å²) in [5, 5.41) is 2.62. The number of nitrogens with zero attached hydrogens (tertiary/aromatic N) is 2. The molecule has 1 atom stereocenters. The number of benzene rings is 3. The number of hydrogen-bond donors (Lipinski definition) is 0. The van der Waals surface area contributed by atoms with Crippen molar-refractivity contribution in [1.29, 1.82) is 0 Å². The number of rotatable bonds is 9. The first kappa shape index (κ1) is 29.8. The molecule has 1 unspecified atom stereocenters. The predicted octanol–water partition coefficient (Wildman–Crippen LogP) is 9.88. The van der Waals surface area contributed by atoms with Crippen molar-refractivity contribution in [3.8, 4) is 22.5 Å². The first-order valence-electron chi connectivity index (χ1n) is 17.2. The minimum Gasteiger partial charge on any atom is -0.207 e. The molecule has 230 valence electrons. The van der Waals surface area contributed by atoms with Crippen LogP contribution in [0.2, 0.25) is 0 Å². The van der Waals surface area contributed by atoms with E-state index in [1.807, 2.05) is 0 Å². The molecule has 7 rings (SSSR count). The molecule has 5 aromatic rings. The monoisotopic (exact) mass is 598 g/mol. The van der Waals surface area contributed by atoms with E-state index >= 15 is 4.39 Å². The highest BCUT2D eigenvalue weighted by molar-refractivity contribution is 6.01. The second kappa shape index (κ2) is 11.2. The summed E-state index contributed by atoms with van der Waals surface area (Å²) < 4.78 is 21.3. The summed E-state index contributed by atoms with van der Waals surface area (Å²) in [7, 11) is 0. The number of pyridine rings is 2. The predicted molar refractivity (Wildman–Crippen MR) is 183 cm³/mol. The molecule has 2 nitrogen and oxygen atoms in total. The summed E-state index contributed by atoms with van der Waals surface area (Å²) in [6.07, 6.45) is 11.0. The van der Waals surface area contributed by atoms with Gasteiger partial charge in [-0.05, 0) is 65.6 Å². The Kier molecular flexibility index (Phi) is 7.42. The van der Waals surface area contributed by atoms with Gasteiger partial charge < -0.3 is 0 Å². The van der Waals surface area contributed by atoms with E-state index in [-0.39, 0.29) is 17.3 Å². The molecular weight excluding hydrogens is 551 g/mol. The van der Waals surface area contributed by atoms with E-state index in [1.54, 1.807) is 6.07 Å². The van der Waals surface area contributed by atoms with Gasteiger partial charge in [-0.2, -0.15) is 9.13 Å². The molecule has 1 aliphatic heterocycles. The zero-order valence-corrected chi connectivity index (χ0v) is 27.9. The Labute approximate surface area is 268 Å². The highest BCUT2D eigenvalue weighted by atomic mass is 19.1. The number of hydrogen-bond acceptors (Lipinski definition) is 0. The van der Waals surface area contributed by atoms with Gasteiger partial charge in [0.15, 0.2) is 17.9 Å². The number of aromatic nitrogens is 2. The lowest BCUT2D eigenvalue weighted by Gasteiger charge is -2.44. The minimum absolute atomic E-state index is 0.0783. The van der Waals surface area contributed by atoms with Crippen LogP contribution in [0, 0.1) is 12.7 Å². The summed E-state index contributed by atoms with van der Waals surface area (Å²) in [5.74, 6) is 0.167. The number of halogens is 1. The molecule has 1 aliphatic carbocycles. The van der Waals surface area contributed by atoms with Crippen molar-refractivity contribution >= 4 is 10.8 Å². The third-order valence-electron chi connectivity index (χ3n) is 11.4. The second-order valence-corrected chi connectivity index (χ2v) is 14.0. The van der Waals surface area contributed by atoms with E-state index in [2.05, 4.69) is 130 Å². The van der Waals surface area contributed by atoms with Crippen molar-refractivity contribution in [2.24, 2.45) is 0 Å². The van der Waals surface area contributed by atoms with Crippen LogP contribution in [-0.2, 0) is 23.9 Å². The van der Waals surface area contributed by atoms with E-state index in [4.69, 9.17) is 0 Å². The van der Waals surface area contributed by atoms with Crippen molar-refractivity contribution in [2.75, 3.05) is 0 Å². The standard InChI is InChI=1S/C42H47FN2/c1-7-10-16-29-26-30-21-25-45-40-37(30)34(27-29)41(5,6)39-35(43)20-19-32(38(39)40)33(42(45,8-2)9-3)22-24-44-23-14-13-18-36(44)31-17-12-11-15-28(31)4/h11-15,17-21,23,25-27,33H,7-10,16,22,24H2,1-6H3/q+2. The van der Waals surface area contributed by atoms with E-state index in [9.17, 15) is 0 Å². The molecule has 0 spiro atoms. The quantitative estimate of drug-likeness (QED) is 0.149. The molecule has 0 amide bonds. The van der Waals surface area contributed by atoms with Crippen LogP contribution in [-0.4, -0.2) is 0 Å². The molecule has 45 heavy (non-hydrogen) atoms. The first-order chi connectivity index (χ1) is 21.8. The van der Waals surface area contributed by atoms with Crippen LogP contribution < -0.4 is 9.13 Å². The zero-order valence-electron chi connectivity index (χ0n) is 27.9. The Morgan fingerprint density at radius 3 is 2.40 bits per heavy atom. The molecule has 0 saturated carbocycles. The molecular formula is C42H47FN2+2. The Bertz CT molecular complexity index is 1930. The van der Waals surface area contributed by atoms with Gasteiger partial charge in [0.1, 0.15) is 12.4 Å². The first-order valence-corrected chi connectivity index (χ1v) is 17.2. The molecule has 0 N–H and O–H groups in total. The van der Waals surface area contributed by atoms with Gasteiger partial charge in [0.2, 0.25) is 11.4 Å². The summed E-state index contributed by atoms with van der Waals surface area (Å²) in [4.78, 5) is 0. The Hall–Kier alpha value is -3.85. The summed E-state index contributed by atoms with van der Waals surface area (Å²) in [6.45, 7) is 14.5. The van der Waals surface area contributed by atoms with Crippen molar-refractivity contribution in [3.05, 3.63) is 119 Å². The summed E-state index contributed by atoms with van der Waals surface area (Å²) in [6, 6.07) is 26.2. The second-order valence-electron chi connectivity index (χ2n) is 14.0. The Morgan fingerprint density at radius 1 is 0.867 bits per heavy atom. The van der Waals surface area contributed by atoms with Crippen LogP contribution in [0.3, 0.4) is 0 Å². The summed E-state index contributed by atoms with van der Waals surface area (Å²) in [5.41, 5.74) is 10.5. The van der Waals surface area contributed by atoms with Crippen LogP contribution in [0.1, 0.15) is 100 Å². The Balaban J connectivity index is 1.43. The molecule has 3 heteroatoms. The molecule has 0 fully saturated rings. The molecule has 0 bridgehead atoms. The lowest BCUT2D eigenvalue weighted by Crippen LogP contribution is -2.63. The molecule has 3 aromatic carbocycles. The fourth-order valence-electron chi connectivity index (χ4n) is 9.00. The third kappa shape index (κ3) is 4.41. The van der Waals surface area contributed by atoms with Crippen LogP contribution in [0.25, 0.3) is 33.3 Å². The topological polar surface area (TPSA) is 7.76 Å². The lowest BCUT2D eigenvalue weighted by atomic mass is 9.62. The van der Waals surface area contributed by atoms with Crippen LogP contribution in [0.4, 0.5) is 4.39 Å². The van der Waals surface area contributed by atoms with Crippen molar-refractivity contribution in [1.82, 2.24) is 0 Å². The lowest BCUT2D eigenvalue weighted by molar-refractivity contribution is -0.764. The highest BCUT2D eigenvalue weighted by Gasteiger charge is 2.55. The largest absolute Gasteiger partial charge is 0.221 e. The molecule has 3 heterocycles. The maximum atomic E-state index is 16.3. The average molecular weight is 599 g/mol. The average Bonchev–Trinajstić information content (AvgIpc) is 3.05. The molecule has 2 aliphatic rings. The fraction of sp³-hybridized carbons (Fsp3) is 0.381.